The molecule has 3 rings (SSSR count). The molecule has 0 aromatic heterocycles. The van der Waals surface area contributed by atoms with E-state index in [2.05, 4.69) is 12.6 Å². The van der Waals surface area contributed by atoms with E-state index in [0.717, 1.165) is 36.1 Å². The first kappa shape index (κ1) is 25.8. The molecule has 0 aliphatic heterocycles. The van der Waals surface area contributed by atoms with Gasteiger partial charge in [0.25, 0.3) is 0 Å². The fraction of sp³-hybridized carbons (Fsp3) is 0.333. The van der Waals surface area contributed by atoms with Crippen molar-refractivity contribution in [1.29, 1.82) is 0 Å². The van der Waals surface area contributed by atoms with Crippen molar-refractivity contribution >= 4 is 24.4 Å². The summed E-state index contributed by atoms with van der Waals surface area (Å²) >= 11 is 4.23. The lowest BCUT2D eigenvalue weighted by Gasteiger charge is -2.07. The summed E-state index contributed by atoms with van der Waals surface area (Å²) < 4.78 is 5.43. The summed E-state index contributed by atoms with van der Waals surface area (Å²) in [5, 5.41) is 0. The molecule has 0 saturated carbocycles. The first-order valence-corrected chi connectivity index (χ1v) is 12.9. The Balaban J connectivity index is 1.40. The van der Waals surface area contributed by atoms with Gasteiger partial charge >= 0.3 is 5.97 Å². The average Bonchev–Trinajstić information content (AvgIpc) is 2.88. The Morgan fingerprint density at radius 3 is 1.68 bits per heavy atom. The van der Waals surface area contributed by atoms with Gasteiger partial charge in [-0.3, -0.25) is 9.59 Å². The molecule has 0 saturated heterocycles. The summed E-state index contributed by atoms with van der Waals surface area (Å²) in [6, 6.07) is 24.5. The number of thiol groups is 1. The van der Waals surface area contributed by atoms with Crippen LogP contribution in [0.2, 0.25) is 0 Å². The Morgan fingerprint density at radius 1 is 0.588 bits per heavy atom. The smallest absolute Gasteiger partial charge is 0.311 e. The van der Waals surface area contributed by atoms with Gasteiger partial charge in [0.1, 0.15) is 5.75 Å². The van der Waals surface area contributed by atoms with Gasteiger partial charge in [0, 0.05) is 17.5 Å². The molecule has 0 heterocycles. The highest BCUT2D eigenvalue weighted by Gasteiger charge is 2.11. The Morgan fingerprint density at radius 2 is 1.09 bits per heavy atom. The van der Waals surface area contributed by atoms with Crippen LogP contribution in [0.15, 0.2) is 78.9 Å². The number of carbonyl (C=O) groups excluding carboxylic acids is 2. The molecule has 3 nitrogen and oxygen atoms in total. The molecule has 34 heavy (non-hydrogen) atoms. The molecule has 0 atom stereocenters. The SMILES string of the molecule is O=C(CCCCCCCCCCS)Oc1ccc(C(=O)c2ccc(-c3ccccc3)cc2)cc1. The molecule has 3 aromatic rings. The fourth-order valence-electron chi connectivity index (χ4n) is 3.91. The molecular weight excluding hydrogens is 440 g/mol. The van der Waals surface area contributed by atoms with E-state index < -0.39 is 0 Å². The van der Waals surface area contributed by atoms with Gasteiger partial charge in [0.05, 0.1) is 0 Å². The highest BCUT2D eigenvalue weighted by atomic mass is 32.1. The van der Waals surface area contributed by atoms with Crippen molar-refractivity contribution in [3.63, 3.8) is 0 Å². The summed E-state index contributed by atoms with van der Waals surface area (Å²) in [6.45, 7) is 0. The molecule has 0 amide bonds. The molecule has 0 unspecified atom stereocenters. The second-order valence-corrected chi connectivity index (χ2v) is 9.02. The fourth-order valence-corrected chi connectivity index (χ4v) is 4.13. The number of unbranched alkanes of at least 4 members (excludes halogenated alkanes) is 7. The zero-order valence-corrected chi connectivity index (χ0v) is 20.6. The minimum atomic E-state index is -0.218. The summed E-state index contributed by atoms with van der Waals surface area (Å²) in [7, 11) is 0. The van der Waals surface area contributed by atoms with Crippen molar-refractivity contribution in [3.8, 4) is 16.9 Å². The largest absolute Gasteiger partial charge is 0.427 e. The van der Waals surface area contributed by atoms with Gasteiger partial charge in [-0.2, -0.15) is 12.6 Å². The Hall–Kier alpha value is -2.85. The van der Waals surface area contributed by atoms with Crippen LogP contribution in [0.1, 0.15) is 73.7 Å². The Bertz CT molecular complexity index is 1010. The minimum absolute atomic E-state index is 0.0527. The van der Waals surface area contributed by atoms with Gasteiger partial charge in [-0.15, -0.1) is 0 Å². The second kappa shape index (κ2) is 14.4. The number of esters is 1. The van der Waals surface area contributed by atoms with Crippen LogP contribution in [0.3, 0.4) is 0 Å². The number of hydrogen-bond acceptors (Lipinski definition) is 4. The number of hydrogen-bond donors (Lipinski definition) is 1. The first-order chi connectivity index (χ1) is 16.7. The lowest BCUT2D eigenvalue weighted by atomic mass is 9.99. The number of rotatable bonds is 14. The van der Waals surface area contributed by atoms with E-state index in [-0.39, 0.29) is 11.8 Å². The van der Waals surface area contributed by atoms with Crippen molar-refractivity contribution in [2.75, 3.05) is 5.75 Å². The number of ketones is 1. The third-order valence-electron chi connectivity index (χ3n) is 5.89. The molecule has 3 aromatic carbocycles. The third-order valence-corrected chi connectivity index (χ3v) is 6.21. The van der Waals surface area contributed by atoms with E-state index in [4.69, 9.17) is 4.74 Å². The van der Waals surface area contributed by atoms with Crippen LogP contribution in [0.25, 0.3) is 11.1 Å². The third kappa shape index (κ3) is 8.49. The average molecular weight is 475 g/mol. The van der Waals surface area contributed by atoms with E-state index >= 15 is 0 Å². The van der Waals surface area contributed by atoms with Gasteiger partial charge in [0.15, 0.2) is 5.78 Å². The molecule has 178 valence electrons. The molecule has 0 N–H and O–H groups in total. The van der Waals surface area contributed by atoms with Crippen molar-refractivity contribution < 1.29 is 14.3 Å². The van der Waals surface area contributed by atoms with Crippen LogP contribution < -0.4 is 4.74 Å². The van der Waals surface area contributed by atoms with Gasteiger partial charge in [-0.05, 0) is 54.0 Å². The van der Waals surface area contributed by atoms with Crippen LogP contribution in [-0.2, 0) is 4.79 Å². The molecule has 0 radical (unpaired) electrons. The van der Waals surface area contributed by atoms with Gasteiger partial charge in [-0.25, -0.2) is 0 Å². The molecular formula is C30H34O3S. The van der Waals surface area contributed by atoms with Gasteiger partial charge < -0.3 is 4.74 Å². The van der Waals surface area contributed by atoms with E-state index in [1.807, 2.05) is 54.6 Å². The minimum Gasteiger partial charge on any atom is -0.427 e. The molecule has 0 fully saturated rings. The Kier molecular flexibility index (Phi) is 10.9. The molecule has 0 spiro atoms. The maximum atomic E-state index is 12.8. The Labute approximate surface area is 209 Å². The number of carbonyl (C=O) groups is 2. The number of benzene rings is 3. The zero-order valence-electron chi connectivity index (χ0n) is 19.7. The van der Waals surface area contributed by atoms with Crippen molar-refractivity contribution in [1.82, 2.24) is 0 Å². The van der Waals surface area contributed by atoms with Gasteiger partial charge in [-0.1, -0.05) is 93.1 Å². The van der Waals surface area contributed by atoms with Crippen LogP contribution in [-0.4, -0.2) is 17.5 Å². The lowest BCUT2D eigenvalue weighted by molar-refractivity contribution is -0.134. The van der Waals surface area contributed by atoms with Crippen LogP contribution in [0.4, 0.5) is 0 Å². The highest BCUT2D eigenvalue weighted by Crippen LogP contribution is 2.21. The van der Waals surface area contributed by atoms with Crippen molar-refractivity contribution in [2.45, 2.75) is 57.8 Å². The zero-order chi connectivity index (χ0) is 24.0. The van der Waals surface area contributed by atoms with Crippen LogP contribution >= 0.6 is 12.6 Å². The summed E-state index contributed by atoms with van der Waals surface area (Å²) in [4.78, 5) is 24.9. The molecule has 0 aliphatic rings. The van der Waals surface area contributed by atoms with Crippen molar-refractivity contribution in [2.24, 2.45) is 0 Å². The van der Waals surface area contributed by atoms with E-state index in [9.17, 15) is 9.59 Å². The summed E-state index contributed by atoms with van der Waals surface area (Å²) in [5.74, 6) is 1.18. The maximum Gasteiger partial charge on any atom is 0.311 e. The second-order valence-electron chi connectivity index (χ2n) is 8.57. The predicted molar refractivity (Wildman–Crippen MR) is 143 cm³/mol. The monoisotopic (exact) mass is 474 g/mol. The van der Waals surface area contributed by atoms with Crippen LogP contribution in [0, 0.1) is 0 Å². The lowest BCUT2D eigenvalue weighted by Crippen LogP contribution is -2.08. The normalized spacial score (nSPS) is 10.7. The van der Waals surface area contributed by atoms with Crippen molar-refractivity contribution in [3.05, 3.63) is 90.0 Å². The van der Waals surface area contributed by atoms with E-state index in [0.29, 0.717) is 23.3 Å². The summed E-state index contributed by atoms with van der Waals surface area (Å²) in [6.07, 6.45) is 9.73. The number of ether oxygens (including phenoxy) is 1. The maximum absolute atomic E-state index is 12.8. The first-order valence-electron chi connectivity index (χ1n) is 12.3. The molecule has 4 heteroatoms. The molecule has 0 aliphatic carbocycles. The van der Waals surface area contributed by atoms with E-state index in [1.54, 1.807) is 24.3 Å². The highest BCUT2D eigenvalue weighted by molar-refractivity contribution is 7.80. The van der Waals surface area contributed by atoms with Crippen LogP contribution in [0.5, 0.6) is 5.75 Å². The standard InChI is InChI=1S/C30H34O3S/c31-29(14-10-5-3-1-2-4-6-11-23-34)33-28-21-19-27(20-22-28)30(32)26-17-15-25(16-18-26)24-12-8-7-9-13-24/h7-9,12-13,15-22,34H,1-6,10-11,14,23H2. The summed E-state index contributed by atoms with van der Waals surface area (Å²) in [5.41, 5.74) is 3.39. The molecule has 0 bridgehead atoms. The topological polar surface area (TPSA) is 43.4 Å². The predicted octanol–water partition coefficient (Wildman–Crippen LogP) is 7.93. The van der Waals surface area contributed by atoms with E-state index in [1.165, 1.54) is 32.1 Å². The van der Waals surface area contributed by atoms with Gasteiger partial charge in [0.2, 0.25) is 0 Å². The quantitative estimate of drug-likeness (QED) is 0.0848.